The van der Waals surface area contributed by atoms with Gasteiger partial charge in [-0.15, -0.1) is 0 Å². The number of fused-ring (bicyclic) bond motifs is 1. The number of nitrogens with one attached hydrogen (secondary N) is 3. The maximum Gasteiger partial charge on any atom is 0.293 e. The standard InChI is InChI=1S/C22H24N8O2.3H2/c1-14-10-26-21(24-8-7-15-5-3-2-4-6-15)22(32)30(14)13-18(31)25-11-16-9-17-19(23)28-29-20(17)27-12-16;;;/h2-6,9-10,12H,7-8,11,13H2,1H3,(H,24,26)(H,25,31)(H3,23,27,28,29);3*1H. The Balaban J connectivity index is 0.00000204. The average molecular weight is 439 g/mol. The van der Waals surface area contributed by atoms with Crippen LogP contribution in [0.5, 0.6) is 0 Å². The van der Waals surface area contributed by atoms with Gasteiger partial charge >= 0.3 is 0 Å². The normalized spacial score (nSPS) is 10.9. The maximum absolute atomic E-state index is 12.8. The number of aryl methyl sites for hydroxylation is 1. The second-order valence-corrected chi connectivity index (χ2v) is 7.43. The molecule has 0 saturated heterocycles. The molecule has 0 bridgehead atoms. The number of carbonyl (C=O) groups is 1. The highest BCUT2D eigenvalue weighted by Crippen LogP contribution is 2.16. The highest BCUT2D eigenvalue weighted by Gasteiger charge is 2.12. The third-order valence-electron chi connectivity index (χ3n) is 5.09. The first-order valence-corrected chi connectivity index (χ1v) is 10.2. The van der Waals surface area contributed by atoms with Crippen molar-refractivity contribution in [1.29, 1.82) is 0 Å². The number of carbonyl (C=O) groups excluding carboxylic acids is 1. The fourth-order valence-corrected chi connectivity index (χ4v) is 3.32. The second kappa shape index (κ2) is 9.29. The molecule has 3 heterocycles. The van der Waals surface area contributed by atoms with Crippen molar-refractivity contribution in [2.75, 3.05) is 17.6 Å². The number of anilines is 2. The number of hydrogen-bond donors (Lipinski definition) is 4. The first-order valence-electron chi connectivity index (χ1n) is 10.2. The van der Waals surface area contributed by atoms with Crippen molar-refractivity contribution in [3.8, 4) is 0 Å². The summed E-state index contributed by atoms with van der Waals surface area (Å²) in [5.74, 6) is 0.355. The fraction of sp³-hybridized carbons (Fsp3) is 0.227. The zero-order valence-electron chi connectivity index (χ0n) is 17.6. The molecule has 0 unspecified atom stereocenters. The molecule has 0 saturated carbocycles. The van der Waals surface area contributed by atoms with Gasteiger partial charge in [-0.3, -0.25) is 19.3 Å². The highest BCUT2D eigenvalue weighted by molar-refractivity contribution is 5.86. The highest BCUT2D eigenvalue weighted by atomic mass is 16.2. The molecule has 1 amide bonds. The molecule has 170 valence electrons. The van der Waals surface area contributed by atoms with Gasteiger partial charge in [0.2, 0.25) is 5.91 Å². The Morgan fingerprint density at radius 2 is 2.00 bits per heavy atom. The van der Waals surface area contributed by atoms with E-state index in [2.05, 4.69) is 30.8 Å². The van der Waals surface area contributed by atoms with Crippen LogP contribution in [-0.4, -0.2) is 37.2 Å². The van der Waals surface area contributed by atoms with Crippen LogP contribution in [-0.2, 0) is 24.3 Å². The number of hydrogen-bond acceptors (Lipinski definition) is 7. The minimum absolute atomic E-state index is 0. The van der Waals surface area contributed by atoms with E-state index >= 15 is 0 Å². The summed E-state index contributed by atoms with van der Waals surface area (Å²) >= 11 is 0. The average Bonchev–Trinajstić information content (AvgIpc) is 3.17. The lowest BCUT2D eigenvalue weighted by Gasteiger charge is -2.12. The van der Waals surface area contributed by atoms with E-state index in [1.54, 1.807) is 19.3 Å². The zero-order chi connectivity index (χ0) is 22.5. The van der Waals surface area contributed by atoms with Gasteiger partial charge in [0.25, 0.3) is 5.56 Å². The molecule has 0 fully saturated rings. The third kappa shape index (κ3) is 4.75. The predicted molar refractivity (Wildman–Crippen MR) is 128 cm³/mol. The third-order valence-corrected chi connectivity index (χ3v) is 5.09. The number of amides is 1. The summed E-state index contributed by atoms with van der Waals surface area (Å²) in [5.41, 5.74) is 8.56. The van der Waals surface area contributed by atoms with Crippen molar-refractivity contribution in [2.45, 2.75) is 26.4 Å². The molecule has 4 rings (SSSR count). The number of H-pyrrole nitrogens is 1. The van der Waals surface area contributed by atoms with Gasteiger partial charge in [-0.05, 0) is 30.5 Å². The SMILES string of the molecule is Cc1cnc(NCCc2ccccc2)c(=O)n1CC(=O)NCc1cnc2n[nH]c(N)c2c1.[HH].[HH].[HH]. The van der Waals surface area contributed by atoms with E-state index in [9.17, 15) is 9.59 Å². The Bertz CT molecular complexity index is 1310. The predicted octanol–water partition coefficient (Wildman–Crippen LogP) is 2.11. The lowest BCUT2D eigenvalue weighted by molar-refractivity contribution is -0.121. The summed E-state index contributed by atoms with van der Waals surface area (Å²) in [6, 6.07) is 11.8. The molecule has 10 heteroatoms. The van der Waals surface area contributed by atoms with Crippen LogP contribution in [0.1, 0.15) is 21.1 Å². The van der Waals surface area contributed by atoms with Crippen LogP contribution in [0, 0.1) is 6.92 Å². The van der Waals surface area contributed by atoms with Crippen molar-refractivity contribution in [1.82, 2.24) is 30.0 Å². The molecule has 0 radical (unpaired) electrons. The van der Waals surface area contributed by atoms with Crippen LogP contribution in [0.2, 0.25) is 0 Å². The Hall–Kier alpha value is -4.21. The van der Waals surface area contributed by atoms with E-state index in [0.29, 0.717) is 29.1 Å². The second-order valence-electron chi connectivity index (χ2n) is 7.43. The molecule has 5 N–H and O–H groups in total. The first kappa shape index (κ1) is 21.0. The van der Waals surface area contributed by atoms with Gasteiger partial charge in [0, 0.05) is 35.5 Å². The van der Waals surface area contributed by atoms with Crippen molar-refractivity contribution in [3.63, 3.8) is 0 Å². The van der Waals surface area contributed by atoms with Crippen LogP contribution in [0.15, 0.2) is 53.6 Å². The summed E-state index contributed by atoms with van der Waals surface area (Å²) in [5, 5.41) is 13.2. The topological polar surface area (TPSA) is 144 Å². The summed E-state index contributed by atoms with van der Waals surface area (Å²) < 4.78 is 1.41. The summed E-state index contributed by atoms with van der Waals surface area (Å²) in [6.07, 6.45) is 3.97. The molecule has 32 heavy (non-hydrogen) atoms. The molecule has 0 atom stereocenters. The lowest BCUT2D eigenvalue weighted by Crippen LogP contribution is -2.34. The minimum atomic E-state index is -0.331. The van der Waals surface area contributed by atoms with E-state index < -0.39 is 0 Å². The van der Waals surface area contributed by atoms with Gasteiger partial charge < -0.3 is 16.4 Å². The molecule has 0 aliphatic heterocycles. The van der Waals surface area contributed by atoms with Gasteiger partial charge in [-0.2, -0.15) is 5.10 Å². The van der Waals surface area contributed by atoms with Gasteiger partial charge in [0.1, 0.15) is 12.4 Å². The van der Waals surface area contributed by atoms with Crippen LogP contribution >= 0.6 is 0 Å². The number of pyridine rings is 1. The van der Waals surface area contributed by atoms with Gasteiger partial charge in [0.15, 0.2) is 11.5 Å². The number of aromatic amines is 1. The molecular formula is C22H30N8O2. The quantitative estimate of drug-likeness (QED) is 0.330. The van der Waals surface area contributed by atoms with Crippen LogP contribution in [0.3, 0.4) is 0 Å². The molecule has 3 aromatic heterocycles. The van der Waals surface area contributed by atoms with Gasteiger partial charge in [0.05, 0.1) is 5.39 Å². The Morgan fingerprint density at radius 3 is 2.81 bits per heavy atom. The molecule has 0 aliphatic rings. The summed E-state index contributed by atoms with van der Waals surface area (Å²) in [4.78, 5) is 33.7. The largest absolute Gasteiger partial charge is 0.384 e. The Labute approximate surface area is 188 Å². The summed E-state index contributed by atoms with van der Waals surface area (Å²) in [7, 11) is 0. The molecule has 10 nitrogen and oxygen atoms in total. The van der Waals surface area contributed by atoms with Crippen molar-refractivity contribution >= 4 is 28.6 Å². The Kier molecular flexibility index (Phi) is 6.11. The minimum Gasteiger partial charge on any atom is -0.384 e. The molecular weight excluding hydrogens is 408 g/mol. The molecule has 0 aliphatic carbocycles. The van der Waals surface area contributed by atoms with E-state index in [1.165, 1.54) is 4.57 Å². The van der Waals surface area contributed by atoms with Crippen LogP contribution in [0.4, 0.5) is 11.6 Å². The molecule has 4 aromatic rings. The molecule has 0 spiro atoms. The van der Waals surface area contributed by atoms with Crippen molar-refractivity contribution in [2.24, 2.45) is 0 Å². The van der Waals surface area contributed by atoms with Crippen LogP contribution < -0.4 is 21.9 Å². The summed E-state index contributed by atoms with van der Waals surface area (Å²) in [6.45, 7) is 2.46. The Morgan fingerprint density at radius 1 is 1.19 bits per heavy atom. The van der Waals surface area contributed by atoms with Gasteiger partial charge in [-0.1, -0.05) is 30.3 Å². The van der Waals surface area contributed by atoms with Crippen LogP contribution in [0.25, 0.3) is 11.0 Å². The smallest absolute Gasteiger partial charge is 0.293 e. The number of rotatable bonds is 8. The number of nitrogens with zero attached hydrogens (tertiary/aromatic N) is 4. The molecule has 1 aromatic carbocycles. The first-order chi connectivity index (χ1) is 15.5. The zero-order valence-corrected chi connectivity index (χ0v) is 17.6. The fourth-order valence-electron chi connectivity index (χ4n) is 3.32. The van der Waals surface area contributed by atoms with Crippen molar-refractivity contribution in [3.05, 3.63) is 76.0 Å². The number of aromatic nitrogens is 5. The van der Waals surface area contributed by atoms with E-state index in [-0.39, 0.29) is 34.7 Å². The number of nitrogens with two attached hydrogens (primary N) is 1. The lowest BCUT2D eigenvalue weighted by atomic mass is 10.1. The van der Waals surface area contributed by atoms with E-state index in [1.807, 2.05) is 36.4 Å². The van der Waals surface area contributed by atoms with E-state index in [0.717, 1.165) is 17.5 Å². The number of benzene rings is 1. The van der Waals surface area contributed by atoms with E-state index in [4.69, 9.17) is 5.73 Å². The van der Waals surface area contributed by atoms with Gasteiger partial charge in [-0.25, -0.2) is 9.97 Å². The maximum atomic E-state index is 12.8. The van der Waals surface area contributed by atoms with Crippen molar-refractivity contribution < 1.29 is 9.07 Å². The monoisotopic (exact) mass is 438 g/mol. The number of nitrogen functional groups attached to an aromatic ring is 1.